The number of phosphoric ester groups is 1. The van der Waals surface area contributed by atoms with Crippen LogP contribution in [0.2, 0.25) is 0 Å². The van der Waals surface area contributed by atoms with Crippen molar-refractivity contribution in [2.45, 2.75) is 246 Å². The van der Waals surface area contributed by atoms with Crippen LogP contribution in [0, 0.1) is 11.8 Å². The second-order valence-corrected chi connectivity index (χ2v) is 23.3. The SMILES string of the molecule is CCCCCCCCCCCCCC(=O)OC[C@H](COP(=O)([O-])OCC(COC(=O)[C@H](CC(C)C)NC(=O)OCc1ccccc1)OC(=O)[C@H](CC(C)C)NC(=O)OCc1ccccc1)OC(=O)CCCCCCCCCCCCC.[Na+]. The van der Waals surface area contributed by atoms with Crippen LogP contribution in [-0.4, -0.2) is 86.8 Å². The number of nitrogens with one attached hydrogen (secondary N) is 2. The van der Waals surface area contributed by atoms with Crippen LogP contribution < -0.4 is 45.1 Å². The van der Waals surface area contributed by atoms with E-state index in [-0.39, 0.29) is 80.3 Å². The smallest absolute Gasteiger partial charge is 0.756 e. The maximum atomic E-state index is 13.9. The Kier molecular flexibility index (Phi) is 44.7. The zero-order chi connectivity index (χ0) is 59.4. The number of rotatable bonds is 48. The number of phosphoric acid groups is 1. The molecule has 2 rings (SSSR count). The zero-order valence-corrected chi connectivity index (χ0v) is 53.7. The van der Waals surface area contributed by atoms with E-state index in [4.69, 9.17) is 37.5 Å². The van der Waals surface area contributed by atoms with Crippen molar-refractivity contribution in [1.29, 1.82) is 0 Å². The first-order valence-electron chi connectivity index (χ1n) is 30.3. The Morgan fingerprint density at radius 2 is 0.805 bits per heavy atom. The second-order valence-electron chi connectivity index (χ2n) is 21.9. The summed E-state index contributed by atoms with van der Waals surface area (Å²) in [6, 6.07) is 15.3. The summed E-state index contributed by atoms with van der Waals surface area (Å²) in [6.45, 7) is 8.56. The fraction of sp³-hybridized carbons (Fsp3) is 0.710. The van der Waals surface area contributed by atoms with Crippen LogP contribution in [0.25, 0.3) is 0 Å². The number of hydrogen-bond acceptors (Lipinski definition) is 16. The Hall–Kier alpha value is -4.03. The van der Waals surface area contributed by atoms with E-state index in [1.807, 2.05) is 26.0 Å². The number of hydrogen-bond donors (Lipinski definition) is 2. The average molecular weight is 1180 g/mol. The fourth-order valence-electron chi connectivity index (χ4n) is 8.70. The molecule has 2 aromatic carbocycles. The van der Waals surface area contributed by atoms with Gasteiger partial charge in [0, 0.05) is 12.8 Å². The van der Waals surface area contributed by atoms with Gasteiger partial charge in [-0.1, -0.05) is 231 Å². The van der Waals surface area contributed by atoms with Crippen molar-refractivity contribution in [2.75, 3.05) is 26.4 Å². The Morgan fingerprint density at radius 3 is 1.21 bits per heavy atom. The molecule has 0 bridgehead atoms. The van der Waals surface area contributed by atoms with Gasteiger partial charge in [0.2, 0.25) is 0 Å². The molecule has 2 aromatic rings. The van der Waals surface area contributed by atoms with E-state index in [0.29, 0.717) is 18.4 Å². The molecule has 0 aliphatic heterocycles. The molecular formula is C62H100N2NaO16P. The number of ether oxygens (including phenoxy) is 6. The minimum Gasteiger partial charge on any atom is -0.756 e. The van der Waals surface area contributed by atoms with Crippen LogP contribution in [0.1, 0.15) is 220 Å². The van der Waals surface area contributed by atoms with Crippen LogP contribution >= 0.6 is 7.82 Å². The molecule has 20 heteroatoms. The Morgan fingerprint density at radius 1 is 0.451 bits per heavy atom. The molecule has 0 spiro atoms. The maximum absolute atomic E-state index is 13.9. The van der Waals surface area contributed by atoms with Gasteiger partial charge in [0.15, 0.2) is 12.2 Å². The quantitative estimate of drug-likeness (QED) is 0.0206. The molecule has 82 heavy (non-hydrogen) atoms. The number of carbonyl (C=O) groups excluding carboxylic acids is 6. The molecule has 2 amide bonds. The summed E-state index contributed by atoms with van der Waals surface area (Å²) in [5.41, 5.74) is 1.42. The van der Waals surface area contributed by atoms with Crippen molar-refractivity contribution < 1.29 is 105 Å². The number of unbranched alkanes of at least 4 members (excludes halogenated alkanes) is 20. The van der Waals surface area contributed by atoms with Gasteiger partial charge in [-0.2, -0.15) is 0 Å². The van der Waals surface area contributed by atoms with E-state index in [9.17, 15) is 38.2 Å². The van der Waals surface area contributed by atoms with Gasteiger partial charge in [0.1, 0.15) is 38.5 Å². The topological polar surface area (TPSA) is 240 Å². The van der Waals surface area contributed by atoms with Crippen molar-refractivity contribution in [2.24, 2.45) is 11.8 Å². The van der Waals surface area contributed by atoms with E-state index in [1.165, 1.54) is 77.0 Å². The number of benzene rings is 2. The van der Waals surface area contributed by atoms with E-state index >= 15 is 0 Å². The molecule has 0 aromatic heterocycles. The van der Waals surface area contributed by atoms with Gasteiger partial charge >= 0.3 is 65.6 Å². The Bertz CT molecular complexity index is 2050. The van der Waals surface area contributed by atoms with Crippen LogP contribution in [0.15, 0.2) is 60.7 Å². The fourth-order valence-corrected chi connectivity index (χ4v) is 9.47. The minimum absolute atomic E-state index is 0. The van der Waals surface area contributed by atoms with Gasteiger partial charge in [-0.15, -0.1) is 0 Å². The third kappa shape index (κ3) is 41.1. The largest absolute Gasteiger partial charge is 1.00 e. The summed E-state index contributed by atoms with van der Waals surface area (Å²) < 4.78 is 57.0. The summed E-state index contributed by atoms with van der Waals surface area (Å²) in [5, 5.41) is 5.03. The number of carbonyl (C=O) groups is 6. The van der Waals surface area contributed by atoms with Crippen molar-refractivity contribution in [3.8, 4) is 0 Å². The average Bonchev–Trinajstić information content (AvgIpc) is 3.44. The molecule has 0 aliphatic rings. The van der Waals surface area contributed by atoms with Gasteiger partial charge < -0.3 is 53.0 Å². The molecule has 0 saturated heterocycles. The maximum Gasteiger partial charge on any atom is 1.00 e. The predicted octanol–water partition coefficient (Wildman–Crippen LogP) is 10.5. The molecule has 0 radical (unpaired) electrons. The van der Waals surface area contributed by atoms with Gasteiger partial charge in [-0.05, 0) is 48.6 Å². The molecule has 0 fully saturated rings. The van der Waals surface area contributed by atoms with E-state index in [1.54, 1.807) is 62.4 Å². The first kappa shape index (κ1) is 76.0. The van der Waals surface area contributed by atoms with Crippen molar-refractivity contribution in [3.05, 3.63) is 71.8 Å². The van der Waals surface area contributed by atoms with Gasteiger partial charge in [-0.25, -0.2) is 19.2 Å². The summed E-state index contributed by atoms with van der Waals surface area (Å²) >= 11 is 0. The second kappa shape index (κ2) is 48.2. The van der Waals surface area contributed by atoms with Crippen molar-refractivity contribution in [3.63, 3.8) is 0 Å². The molecule has 5 atom stereocenters. The molecule has 18 nitrogen and oxygen atoms in total. The van der Waals surface area contributed by atoms with Crippen molar-refractivity contribution >= 4 is 43.9 Å². The number of alkyl carbamates (subject to hydrolysis) is 2. The molecule has 2 unspecified atom stereocenters. The standard InChI is InChI=1S/C62H101N2O16P.Na/c1-7-9-11-13-15-17-19-21-23-25-33-39-57(65)73-45-53(79-58(66)40-34-26-24-22-20-18-16-14-12-10-8-2)47-77-81(71,72)78-48-54(80-60(68)56(42-50(5)6)64-62(70)76-44-52-37-31-28-32-38-52)46-74-59(67)55(41-49(3)4)63-61(69)75-43-51-35-29-27-30-36-51;/h27-32,35-38,49-50,53-56H,7-26,33-34,39-48H2,1-6H3,(H,63,69)(H,64,70)(H,71,72);/q;+1/p-1/t53-,54?,55+,56+;/m1./s1. The van der Waals surface area contributed by atoms with E-state index in [2.05, 4.69) is 24.5 Å². The normalized spacial score (nSPS) is 13.4. The molecular weight excluding hydrogens is 1080 g/mol. The summed E-state index contributed by atoms with van der Waals surface area (Å²) in [4.78, 5) is 92.8. The van der Waals surface area contributed by atoms with Gasteiger partial charge in [-0.3, -0.25) is 14.2 Å². The molecule has 460 valence electrons. The summed E-state index contributed by atoms with van der Waals surface area (Å²) in [5.74, 6) is -3.38. The van der Waals surface area contributed by atoms with Crippen LogP contribution in [-0.2, 0) is 74.4 Å². The zero-order valence-electron chi connectivity index (χ0n) is 50.8. The first-order chi connectivity index (χ1) is 39.0. The van der Waals surface area contributed by atoms with Gasteiger partial charge in [0.25, 0.3) is 7.82 Å². The molecule has 0 aliphatic carbocycles. The van der Waals surface area contributed by atoms with E-state index < -0.39 is 94.6 Å². The monoisotopic (exact) mass is 1180 g/mol. The van der Waals surface area contributed by atoms with Crippen molar-refractivity contribution in [1.82, 2.24) is 10.6 Å². The Labute approximate surface area is 512 Å². The van der Waals surface area contributed by atoms with Crippen LogP contribution in [0.4, 0.5) is 9.59 Å². The van der Waals surface area contributed by atoms with Gasteiger partial charge in [0.05, 0.1) is 13.2 Å². The Balaban J connectivity index is 0.0000336. The predicted molar refractivity (Wildman–Crippen MR) is 309 cm³/mol. The molecule has 0 heterocycles. The first-order valence-corrected chi connectivity index (χ1v) is 31.7. The molecule has 2 N–H and O–H groups in total. The van der Waals surface area contributed by atoms with E-state index in [0.717, 1.165) is 56.9 Å². The number of amides is 2. The number of esters is 4. The molecule has 0 saturated carbocycles. The minimum atomic E-state index is -5.35. The third-order valence-corrected chi connectivity index (χ3v) is 14.2. The third-order valence-electron chi connectivity index (χ3n) is 13.2. The van der Waals surface area contributed by atoms with Crippen LogP contribution in [0.3, 0.4) is 0 Å². The van der Waals surface area contributed by atoms with Crippen LogP contribution in [0.5, 0.6) is 0 Å². The summed E-state index contributed by atoms with van der Waals surface area (Å²) in [6.07, 6.45) is 19.8. The summed E-state index contributed by atoms with van der Waals surface area (Å²) in [7, 11) is -5.35.